The lowest BCUT2D eigenvalue weighted by atomic mass is 10.00. The number of carbonyl (C=O) groups excluding carboxylic acids is 2. The van der Waals surface area contributed by atoms with E-state index in [2.05, 4.69) is 4.98 Å². The molecule has 1 amide bonds. The minimum Gasteiger partial charge on any atom is -0.451 e. The van der Waals surface area contributed by atoms with Gasteiger partial charge in [0.2, 0.25) is 0 Å². The highest BCUT2D eigenvalue weighted by Gasteiger charge is 2.27. The van der Waals surface area contributed by atoms with Gasteiger partial charge in [-0.2, -0.15) is 0 Å². The van der Waals surface area contributed by atoms with Crippen LogP contribution in [0.2, 0.25) is 15.2 Å². The first-order valence-electron chi connectivity index (χ1n) is 7.63. The molecule has 6 nitrogen and oxygen atoms in total. The number of aromatic nitrogens is 1. The number of pyridine rings is 1. The first kappa shape index (κ1) is 19.1. The molecule has 132 valence electrons. The average molecular weight is 395 g/mol. The van der Waals surface area contributed by atoms with E-state index in [1.807, 2.05) is 6.92 Å². The Morgan fingerprint density at radius 1 is 1.29 bits per heavy atom. The highest BCUT2D eigenvalue weighted by atomic mass is 35.5. The quantitative estimate of drug-likeness (QED) is 0.623. The fraction of sp³-hybridized carbons (Fsp3) is 0.533. The van der Waals surface area contributed by atoms with Gasteiger partial charge in [0.15, 0.2) is 17.5 Å². The Morgan fingerprint density at radius 3 is 2.67 bits per heavy atom. The standard InChI is InChI=1S/C15H18Cl3N3O3/c1-2-8-5-3-4-6-21(8)9(22)7-24-15(23)13-10(16)12(19)11(17)14(18)20-13/h8H,2-7H2,1H3,(H2,19,20)/t8-/m1/s1. The van der Waals surface area contributed by atoms with Crippen LogP contribution in [0.25, 0.3) is 0 Å². The van der Waals surface area contributed by atoms with E-state index in [1.165, 1.54) is 0 Å². The van der Waals surface area contributed by atoms with Gasteiger partial charge in [0, 0.05) is 12.6 Å². The van der Waals surface area contributed by atoms with E-state index in [9.17, 15) is 9.59 Å². The van der Waals surface area contributed by atoms with Gasteiger partial charge in [-0.3, -0.25) is 4.79 Å². The monoisotopic (exact) mass is 393 g/mol. The van der Waals surface area contributed by atoms with Crippen LogP contribution in [0.1, 0.15) is 43.1 Å². The van der Waals surface area contributed by atoms with Gasteiger partial charge >= 0.3 is 5.97 Å². The number of anilines is 1. The summed E-state index contributed by atoms with van der Waals surface area (Å²) in [6.45, 7) is 2.32. The molecular weight excluding hydrogens is 377 g/mol. The van der Waals surface area contributed by atoms with Crippen LogP contribution in [-0.4, -0.2) is 41.0 Å². The van der Waals surface area contributed by atoms with E-state index in [4.69, 9.17) is 45.3 Å². The number of hydrogen-bond acceptors (Lipinski definition) is 5. The molecule has 2 rings (SSSR count). The molecule has 0 radical (unpaired) electrons. The molecule has 0 spiro atoms. The zero-order valence-corrected chi connectivity index (χ0v) is 15.4. The molecule has 0 aromatic carbocycles. The number of hydrogen-bond donors (Lipinski definition) is 1. The molecule has 24 heavy (non-hydrogen) atoms. The SMILES string of the molecule is CC[C@@H]1CCCCN1C(=O)COC(=O)c1nc(Cl)c(Cl)c(N)c1Cl. The van der Waals surface area contributed by atoms with E-state index in [0.29, 0.717) is 6.54 Å². The minimum atomic E-state index is -0.872. The highest BCUT2D eigenvalue weighted by Crippen LogP contribution is 2.34. The van der Waals surface area contributed by atoms with Gasteiger partial charge in [-0.05, 0) is 25.7 Å². The van der Waals surface area contributed by atoms with Crippen LogP contribution in [0.3, 0.4) is 0 Å². The Balaban J connectivity index is 2.04. The maximum atomic E-state index is 12.3. The Hall–Kier alpha value is -1.24. The number of piperidine rings is 1. The fourth-order valence-electron chi connectivity index (χ4n) is 2.70. The molecule has 1 aromatic rings. The summed E-state index contributed by atoms with van der Waals surface area (Å²) in [6, 6.07) is 0.187. The fourth-order valence-corrected chi connectivity index (χ4v) is 3.28. The van der Waals surface area contributed by atoms with Crippen LogP contribution in [0.4, 0.5) is 5.69 Å². The Labute approximate surface area is 155 Å². The number of nitrogens with zero attached hydrogens (tertiary/aromatic N) is 2. The van der Waals surface area contributed by atoms with Crippen LogP contribution < -0.4 is 5.73 Å². The van der Waals surface area contributed by atoms with Crippen LogP contribution in [0.15, 0.2) is 0 Å². The number of likely N-dealkylation sites (tertiary alicyclic amines) is 1. The van der Waals surface area contributed by atoms with E-state index < -0.39 is 5.97 Å². The summed E-state index contributed by atoms with van der Waals surface area (Å²) in [7, 11) is 0. The molecule has 0 saturated carbocycles. The average Bonchev–Trinajstić information content (AvgIpc) is 2.60. The van der Waals surface area contributed by atoms with Crippen LogP contribution in [-0.2, 0) is 9.53 Å². The lowest BCUT2D eigenvalue weighted by molar-refractivity contribution is -0.138. The van der Waals surface area contributed by atoms with Crippen molar-refractivity contribution in [1.29, 1.82) is 0 Å². The number of ether oxygens (including phenoxy) is 1. The molecule has 1 atom stereocenters. The number of carbonyl (C=O) groups is 2. The topological polar surface area (TPSA) is 85.5 Å². The maximum Gasteiger partial charge on any atom is 0.359 e. The third kappa shape index (κ3) is 4.05. The number of nitrogens with two attached hydrogens (primary N) is 1. The van der Waals surface area contributed by atoms with Crippen molar-refractivity contribution in [3.63, 3.8) is 0 Å². The lowest BCUT2D eigenvalue weighted by Gasteiger charge is -2.35. The van der Waals surface area contributed by atoms with Crippen LogP contribution in [0.5, 0.6) is 0 Å². The summed E-state index contributed by atoms with van der Waals surface area (Å²) in [4.78, 5) is 30.0. The number of esters is 1. The summed E-state index contributed by atoms with van der Waals surface area (Å²) >= 11 is 17.5. The van der Waals surface area contributed by atoms with Crippen molar-refractivity contribution in [3.05, 3.63) is 20.9 Å². The van der Waals surface area contributed by atoms with E-state index in [1.54, 1.807) is 4.90 Å². The van der Waals surface area contributed by atoms with E-state index >= 15 is 0 Å². The Bertz CT molecular complexity index is 655. The molecule has 2 heterocycles. The van der Waals surface area contributed by atoms with Gasteiger partial charge in [-0.25, -0.2) is 9.78 Å². The van der Waals surface area contributed by atoms with Gasteiger partial charge in [0.25, 0.3) is 5.91 Å². The largest absolute Gasteiger partial charge is 0.451 e. The number of nitrogen functional groups attached to an aromatic ring is 1. The van der Waals surface area contributed by atoms with E-state index in [0.717, 1.165) is 25.7 Å². The van der Waals surface area contributed by atoms with Crippen molar-refractivity contribution < 1.29 is 14.3 Å². The molecule has 0 aliphatic carbocycles. The van der Waals surface area contributed by atoms with Gasteiger partial charge in [0.05, 0.1) is 10.7 Å². The lowest BCUT2D eigenvalue weighted by Crippen LogP contribution is -2.45. The Kier molecular flexibility index (Phi) is 6.54. The van der Waals surface area contributed by atoms with Crippen LogP contribution >= 0.6 is 34.8 Å². The second kappa shape index (κ2) is 8.23. The zero-order chi connectivity index (χ0) is 17.9. The Morgan fingerprint density at radius 2 is 2.00 bits per heavy atom. The molecular formula is C15H18Cl3N3O3. The molecule has 2 N–H and O–H groups in total. The predicted octanol–water partition coefficient (Wildman–Crippen LogP) is 3.57. The molecule has 1 aliphatic rings. The van der Waals surface area contributed by atoms with E-state index in [-0.39, 0.29) is 45.1 Å². The smallest absolute Gasteiger partial charge is 0.359 e. The summed E-state index contributed by atoms with van der Waals surface area (Å²) in [6.07, 6.45) is 3.89. The third-order valence-corrected chi connectivity index (χ3v) is 5.15. The molecule has 1 fully saturated rings. The first-order valence-corrected chi connectivity index (χ1v) is 8.76. The van der Waals surface area contributed by atoms with Crippen LogP contribution in [0, 0.1) is 0 Å². The third-order valence-electron chi connectivity index (χ3n) is 4.01. The number of rotatable bonds is 4. The second-order valence-corrected chi connectivity index (χ2v) is 6.63. The molecule has 0 unspecified atom stereocenters. The number of amides is 1. The minimum absolute atomic E-state index is 0.0339. The van der Waals surface area contributed by atoms with Gasteiger partial charge in [-0.15, -0.1) is 0 Å². The molecule has 1 aromatic heterocycles. The van der Waals surface area contributed by atoms with Gasteiger partial charge in [0.1, 0.15) is 5.02 Å². The normalized spacial score (nSPS) is 17.7. The van der Waals surface area contributed by atoms with Crippen molar-refractivity contribution >= 4 is 52.4 Å². The number of halogens is 3. The summed E-state index contributed by atoms with van der Waals surface area (Å²) < 4.78 is 5.03. The second-order valence-electron chi connectivity index (χ2n) is 5.51. The first-order chi connectivity index (χ1) is 11.4. The van der Waals surface area contributed by atoms with Crippen molar-refractivity contribution in [2.45, 2.75) is 38.6 Å². The van der Waals surface area contributed by atoms with Gasteiger partial charge in [-0.1, -0.05) is 41.7 Å². The van der Waals surface area contributed by atoms with Crippen molar-refractivity contribution in [3.8, 4) is 0 Å². The molecule has 9 heteroatoms. The summed E-state index contributed by atoms with van der Waals surface area (Å²) in [5.41, 5.74) is 5.34. The van der Waals surface area contributed by atoms with Crippen molar-refractivity contribution in [2.75, 3.05) is 18.9 Å². The summed E-state index contributed by atoms with van der Waals surface area (Å²) in [5, 5.41) is -0.335. The maximum absolute atomic E-state index is 12.3. The molecule has 1 aliphatic heterocycles. The van der Waals surface area contributed by atoms with Crippen molar-refractivity contribution in [1.82, 2.24) is 9.88 Å². The van der Waals surface area contributed by atoms with Crippen molar-refractivity contribution in [2.24, 2.45) is 0 Å². The van der Waals surface area contributed by atoms with Gasteiger partial charge < -0.3 is 15.4 Å². The predicted molar refractivity (Wildman–Crippen MR) is 93.6 cm³/mol. The molecule has 1 saturated heterocycles. The molecule has 0 bridgehead atoms. The highest BCUT2D eigenvalue weighted by molar-refractivity contribution is 6.46. The zero-order valence-electron chi connectivity index (χ0n) is 13.2. The summed E-state index contributed by atoms with van der Waals surface area (Å²) in [5.74, 6) is -1.11.